The van der Waals surface area contributed by atoms with E-state index in [1.165, 1.54) is 12.1 Å². The summed E-state index contributed by atoms with van der Waals surface area (Å²) < 4.78 is 18.5. The van der Waals surface area contributed by atoms with E-state index in [0.717, 1.165) is 5.57 Å². The summed E-state index contributed by atoms with van der Waals surface area (Å²) in [5, 5.41) is 9.21. The van der Waals surface area contributed by atoms with E-state index in [2.05, 4.69) is 0 Å². The Kier molecular flexibility index (Phi) is 5.82. The van der Waals surface area contributed by atoms with Crippen molar-refractivity contribution in [2.24, 2.45) is 0 Å². The molecule has 5 nitrogen and oxygen atoms in total. The molecule has 0 atom stereocenters. The molecule has 0 saturated carbocycles. The molecule has 0 aromatic heterocycles. The first kappa shape index (κ1) is 19.0. The third-order valence-corrected chi connectivity index (χ3v) is 3.97. The molecule has 1 N–H and O–H groups in total. The number of piperidine rings is 1. The van der Waals surface area contributed by atoms with Crippen molar-refractivity contribution in [1.82, 2.24) is 4.90 Å². The Morgan fingerprint density at radius 1 is 1.16 bits per heavy atom. The Labute approximate surface area is 147 Å². The van der Waals surface area contributed by atoms with Gasteiger partial charge in [0.05, 0.1) is 6.42 Å². The predicted molar refractivity (Wildman–Crippen MR) is 92.6 cm³/mol. The molecule has 6 heteroatoms. The zero-order valence-electron chi connectivity index (χ0n) is 14.8. The van der Waals surface area contributed by atoms with E-state index in [4.69, 9.17) is 4.74 Å². The summed E-state index contributed by atoms with van der Waals surface area (Å²) in [5.74, 6) is -1.29. The van der Waals surface area contributed by atoms with Crippen LogP contribution in [0.3, 0.4) is 0 Å². The second-order valence-corrected chi connectivity index (χ2v) is 7.13. The number of ether oxygens (including phenoxy) is 1. The van der Waals surface area contributed by atoms with Crippen LogP contribution in [0.4, 0.5) is 9.18 Å². The maximum absolute atomic E-state index is 13.1. The molecule has 1 fully saturated rings. The molecular weight excluding hydrogens is 325 g/mol. The van der Waals surface area contributed by atoms with E-state index in [0.29, 0.717) is 37.1 Å². The standard InChI is InChI=1S/C19H24FNO4/c1-19(2,3)25-18(24)21-10-8-14(9-11-21)16(12-17(22)23)13-4-6-15(20)7-5-13/h4-7H,8-12H2,1-3H3,(H,22,23). The minimum absolute atomic E-state index is 0.118. The fourth-order valence-corrected chi connectivity index (χ4v) is 2.82. The van der Waals surface area contributed by atoms with E-state index in [9.17, 15) is 19.1 Å². The van der Waals surface area contributed by atoms with Crippen molar-refractivity contribution in [2.75, 3.05) is 13.1 Å². The van der Waals surface area contributed by atoms with Crippen LogP contribution in [0.1, 0.15) is 45.6 Å². The summed E-state index contributed by atoms with van der Waals surface area (Å²) in [6.45, 7) is 6.42. The Hall–Kier alpha value is -2.37. The van der Waals surface area contributed by atoms with E-state index in [1.807, 2.05) is 20.8 Å². The van der Waals surface area contributed by atoms with E-state index < -0.39 is 11.6 Å². The number of carbonyl (C=O) groups is 2. The lowest BCUT2D eigenvalue weighted by molar-refractivity contribution is -0.135. The lowest BCUT2D eigenvalue weighted by Gasteiger charge is -2.32. The van der Waals surface area contributed by atoms with Crippen LogP contribution >= 0.6 is 0 Å². The van der Waals surface area contributed by atoms with Gasteiger partial charge in [-0.1, -0.05) is 17.7 Å². The fourth-order valence-electron chi connectivity index (χ4n) is 2.82. The number of benzene rings is 1. The second kappa shape index (κ2) is 7.68. The van der Waals surface area contributed by atoms with Crippen molar-refractivity contribution >= 4 is 17.6 Å². The van der Waals surface area contributed by atoms with Gasteiger partial charge in [0, 0.05) is 13.1 Å². The highest BCUT2D eigenvalue weighted by atomic mass is 19.1. The molecule has 1 amide bonds. The number of carboxylic acid groups (broad SMARTS) is 1. The van der Waals surface area contributed by atoms with E-state index in [1.54, 1.807) is 17.0 Å². The molecule has 1 aliphatic heterocycles. The first-order valence-corrected chi connectivity index (χ1v) is 8.32. The number of carboxylic acids is 1. The van der Waals surface area contributed by atoms with Crippen LogP contribution in [0.5, 0.6) is 0 Å². The molecule has 1 saturated heterocycles. The molecule has 1 aliphatic rings. The topological polar surface area (TPSA) is 66.8 Å². The molecule has 1 heterocycles. The average molecular weight is 349 g/mol. The maximum Gasteiger partial charge on any atom is 0.410 e. The molecule has 0 spiro atoms. The van der Waals surface area contributed by atoms with Crippen molar-refractivity contribution in [3.05, 3.63) is 41.2 Å². The van der Waals surface area contributed by atoms with Gasteiger partial charge in [-0.15, -0.1) is 0 Å². The highest BCUT2D eigenvalue weighted by Gasteiger charge is 2.26. The van der Waals surface area contributed by atoms with Gasteiger partial charge >= 0.3 is 12.1 Å². The van der Waals surface area contributed by atoms with Gasteiger partial charge in [-0.3, -0.25) is 4.79 Å². The molecule has 0 radical (unpaired) electrons. The van der Waals surface area contributed by atoms with Crippen molar-refractivity contribution in [3.8, 4) is 0 Å². The quantitative estimate of drug-likeness (QED) is 0.893. The highest BCUT2D eigenvalue weighted by Crippen LogP contribution is 2.30. The molecule has 1 aromatic carbocycles. The Morgan fingerprint density at radius 2 is 1.72 bits per heavy atom. The van der Waals surface area contributed by atoms with Crippen LogP contribution in [0.2, 0.25) is 0 Å². The van der Waals surface area contributed by atoms with E-state index in [-0.39, 0.29) is 18.3 Å². The van der Waals surface area contributed by atoms with Gasteiger partial charge in [0.1, 0.15) is 11.4 Å². The Bertz CT molecular complexity index is 664. The van der Waals surface area contributed by atoms with Crippen molar-refractivity contribution in [2.45, 2.75) is 45.6 Å². The van der Waals surface area contributed by atoms with Crippen LogP contribution in [0, 0.1) is 5.82 Å². The molecule has 0 aliphatic carbocycles. The molecule has 0 unspecified atom stereocenters. The third-order valence-electron chi connectivity index (χ3n) is 3.97. The lowest BCUT2D eigenvalue weighted by Crippen LogP contribution is -2.40. The number of rotatable bonds is 3. The van der Waals surface area contributed by atoms with Gasteiger partial charge in [-0.05, 0) is 56.9 Å². The van der Waals surface area contributed by atoms with Crippen LogP contribution in [0.25, 0.3) is 5.57 Å². The van der Waals surface area contributed by atoms with Gasteiger partial charge in [-0.2, -0.15) is 0 Å². The third kappa shape index (κ3) is 5.59. The minimum Gasteiger partial charge on any atom is -0.481 e. The van der Waals surface area contributed by atoms with Crippen molar-refractivity contribution < 1.29 is 23.8 Å². The smallest absolute Gasteiger partial charge is 0.410 e. The van der Waals surface area contributed by atoms with Crippen LogP contribution in [0.15, 0.2) is 29.8 Å². The minimum atomic E-state index is -0.929. The Morgan fingerprint density at radius 3 is 2.20 bits per heavy atom. The number of hydrogen-bond acceptors (Lipinski definition) is 3. The SMILES string of the molecule is CC(C)(C)OC(=O)N1CCC(=C(CC(=O)O)c2ccc(F)cc2)CC1. The summed E-state index contributed by atoms with van der Waals surface area (Å²) in [5.41, 5.74) is 1.87. The van der Waals surface area contributed by atoms with Crippen LogP contribution in [-0.2, 0) is 9.53 Å². The van der Waals surface area contributed by atoms with Gasteiger partial charge in [0.25, 0.3) is 0 Å². The molecule has 25 heavy (non-hydrogen) atoms. The average Bonchev–Trinajstić information content (AvgIpc) is 2.52. The summed E-state index contributed by atoms with van der Waals surface area (Å²) in [6.07, 6.45) is 0.694. The number of aliphatic carboxylic acids is 1. The zero-order chi connectivity index (χ0) is 18.6. The monoisotopic (exact) mass is 349 g/mol. The Balaban J connectivity index is 2.15. The molecule has 136 valence electrons. The zero-order valence-corrected chi connectivity index (χ0v) is 14.8. The van der Waals surface area contributed by atoms with Gasteiger partial charge in [0.15, 0.2) is 0 Å². The summed E-state index contributed by atoms with van der Waals surface area (Å²) in [6, 6.07) is 5.85. The number of hydrogen-bond donors (Lipinski definition) is 1. The number of amides is 1. The first-order chi connectivity index (χ1) is 11.7. The van der Waals surface area contributed by atoms with Gasteiger partial charge < -0.3 is 14.7 Å². The second-order valence-electron chi connectivity index (χ2n) is 7.13. The number of carbonyl (C=O) groups excluding carboxylic acids is 1. The summed E-state index contributed by atoms with van der Waals surface area (Å²) in [4.78, 5) is 25.0. The molecule has 1 aromatic rings. The van der Waals surface area contributed by atoms with Gasteiger partial charge in [0.2, 0.25) is 0 Å². The largest absolute Gasteiger partial charge is 0.481 e. The number of halogens is 1. The molecule has 0 bridgehead atoms. The molecular formula is C19H24FNO4. The maximum atomic E-state index is 13.1. The van der Waals surface area contributed by atoms with Crippen molar-refractivity contribution in [1.29, 1.82) is 0 Å². The first-order valence-electron chi connectivity index (χ1n) is 8.32. The molecule has 2 rings (SSSR count). The van der Waals surface area contributed by atoms with Crippen LogP contribution < -0.4 is 0 Å². The summed E-state index contributed by atoms with van der Waals surface area (Å²) >= 11 is 0. The highest BCUT2D eigenvalue weighted by molar-refractivity contribution is 5.85. The fraction of sp³-hybridized carbons (Fsp3) is 0.474. The van der Waals surface area contributed by atoms with Gasteiger partial charge in [-0.25, -0.2) is 9.18 Å². The normalized spacial score (nSPS) is 15.0. The van der Waals surface area contributed by atoms with E-state index >= 15 is 0 Å². The lowest BCUT2D eigenvalue weighted by atomic mass is 9.91. The van der Waals surface area contributed by atoms with Crippen LogP contribution in [-0.4, -0.2) is 40.8 Å². The number of nitrogens with zero attached hydrogens (tertiary/aromatic N) is 1. The summed E-state index contributed by atoms with van der Waals surface area (Å²) in [7, 11) is 0. The van der Waals surface area contributed by atoms with Crippen molar-refractivity contribution in [3.63, 3.8) is 0 Å². The number of likely N-dealkylation sites (tertiary alicyclic amines) is 1. The predicted octanol–water partition coefficient (Wildman–Crippen LogP) is 4.08.